The molecule has 0 unspecified atom stereocenters. The van der Waals surface area contributed by atoms with E-state index >= 15 is 0 Å². The van der Waals surface area contributed by atoms with Gasteiger partial charge in [0.15, 0.2) is 0 Å². The molecule has 3 rings (SSSR count). The SMILES string of the molecule is O=C(CCc1ccc(F)cc1)NCC1(Sc2ccccc2)CC1. The molecule has 0 radical (unpaired) electrons. The van der Waals surface area contributed by atoms with Gasteiger partial charge in [-0.25, -0.2) is 4.39 Å². The summed E-state index contributed by atoms with van der Waals surface area (Å²) in [4.78, 5) is 13.3. The van der Waals surface area contributed by atoms with Gasteiger partial charge in [0.1, 0.15) is 5.82 Å². The van der Waals surface area contributed by atoms with E-state index in [0.717, 1.165) is 24.9 Å². The molecule has 1 aliphatic carbocycles. The zero-order valence-electron chi connectivity index (χ0n) is 12.9. The number of amides is 1. The summed E-state index contributed by atoms with van der Waals surface area (Å²) in [7, 11) is 0. The number of hydrogen-bond donors (Lipinski definition) is 1. The predicted octanol–water partition coefficient (Wildman–Crippen LogP) is 4.20. The fraction of sp³-hybridized carbons (Fsp3) is 0.316. The molecule has 0 spiro atoms. The Morgan fingerprint density at radius 2 is 1.78 bits per heavy atom. The van der Waals surface area contributed by atoms with Crippen LogP contribution in [0.2, 0.25) is 0 Å². The van der Waals surface area contributed by atoms with Crippen molar-refractivity contribution in [2.45, 2.75) is 35.3 Å². The molecule has 0 bridgehead atoms. The minimum Gasteiger partial charge on any atom is -0.355 e. The normalized spacial score (nSPS) is 15.2. The number of halogens is 1. The molecular formula is C19H20FNOS. The summed E-state index contributed by atoms with van der Waals surface area (Å²) in [6, 6.07) is 16.7. The molecule has 23 heavy (non-hydrogen) atoms. The molecule has 0 aliphatic heterocycles. The van der Waals surface area contributed by atoms with Gasteiger partial charge in [-0.3, -0.25) is 4.79 Å². The lowest BCUT2D eigenvalue weighted by Crippen LogP contribution is -2.31. The maximum absolute atomic E-state index is 12.8. The molecule has 120 valence electrons. The van der Waals surface area contributed by atoms with Crippen LogP contribution in [-0.2, 0) is 11.2 Å². The Hall–Kier alpha value is -1.81. The highest BCUT2D eigenvalue weighted by Crippen LogP contribution is 2.51. The highest BCUT2D eigenvalue weighted by atomic mass is 32.2. The number of nitrogens with one attached hydrogen (secondary N) is 1. The van der Waals surface area contributed by atoms with Gasteiger partial charge >= 0.3 is 0 Å². The summed E-state index contributed by atoms with van der Waals surface area (Å²) in [5, 5.41) is 3.05. The van der Waals surface area contributed by atoms with Crippen molar-refractivity contribution in [3.05, 3.63) is 66.0 Å². The van der Waals surface area contributed by atoms with Crippen LogP contribution in [0.25, 0.3) is 0 Å². The lowest BCUT2D eigenvalue weighted by molar-refractivity contribution is -0.121. The number of hydrogen-bond acceptors (Lipinski definition) is 2. The smallest absolute Gasteiger partial charge is 0.220 e. The van der Waals surface area contributed by atoms with Crippen LogP contribution in [0.1, 0.15) is 24.8 Å². The average Bonchev–Trinajstić information content (AvgIpc) is 3.33. The highest BCUT2D eigenvalue weighted by Gasteiger charge is 2.43. The van der Waals surface area contributed by atoms with Crippen LogP contribution in [-0.4, -0.2) is 17.2 Å². The van der Waals surface area contributed by atoms with Crippen molar-refractivity contribution in [3.63, 3.8) is 0 Å². The van der Waals surface area contributed by atoms with Crippen LogP contribution < -0.4 is 5.32 Å². The first-order valence-corrected chi connectivity index (χ1v) is 8.72. The van der Waals surface area contributed by atoms with E-state index in [4.69, 9.17) is 0 Å². The van der Waals surface area contributed by atoms with Gasteiger partial charge in [0.25, 0.3) is 0 Å². The highest BCUT2D eigenvalue weighted by molar-refractivity contribution is 8.01. The zero-order valence-corrected chi connectivity index (χ0v) is 13.7. The molecule has 0 saturated heterocycles. The molecule has 0 heterocycles. The van der Waals surface area contributed by atoms with Crippen LogP contribution in [0.15, 0.2) is 59.5 Å². The van der Waals surface area contributed by atoms with Crippen molar-refractivity contribution in [2.75, 3.05) is 6.54 Å². The Kier molecular flexibility index (Phi) is 5.01. The second kappa shape index (κ2) is 7.18. The van der Waals surface area contributed by atoms with E-state index in [-0.39, 0.29) is 16.5 Å². The van der Waals surface area contributed by atoms with E-state index in [1.165, 1.54) is 17.0 Å². The lowest BCUT2D eigenvalue weighted by Gasteiger charge is -2.15. The first-order valence-electron chi connectivity index (χ1n) is 7.90. The number of aryl methyl sites for hydroxylation is 1. The molecule has 1 N–H and O–H groups in total. The predicted molar refractivity (Wildman–Crippen MR) is 92.0 cm³/mol. The fourth-order valence-electron chi connectivity index (χ4n) is 2.45. The quantitative estimate of drug-likeness (QED) is 0.825. The molecule has 1 fully saturated rings. The minimum atomic E-state index is -0.244. The first-order chi connectivity index (χ1) is 11.2. The van der Waals surface area contributed by atoms with Crippen molar-refractivity contribution in [2.24, 2.45) is 0 Å². The van der Waals surface area contributed by atoms with Crippen molar-refractivity contribution in [1.29, 1.82) is 0 Å². The maximum atomic E-state index is 12.8. The second-order valence-corrected chi connectivity index (χ2v) is 7.54. The second-order valence-electron chi connectivity index (χ2n) is 6.00. The molecule has 4 heteroatoms. The van der Waals surface area contributed by atoms with E-state index in [1.54, 1.807) is 12.1 Å². The standard InChI is InChI=1S/C19H20FNOS/c20-16-9-6-15(7-10-16)8-11-18(22)21-14-19(12-13-19)23-17-4-2-1-3-5-17/h1-7,9-10H,8,11-14H2,(H,21,22). The van der Waals surface area contributed by atoms with Crippen molar-refractivity contribution < 1.29 is 9.18 Å². The van der Waals surface area contributed by atoms with E-state index in [0.29, 0.717) is 12.8 Å². The van der Waals surface area contributed by atoms with Gasteiger partial charge in [0, 0.05) is 22.6 Å². The summed E-state index contributed by atoms with van der Waals surface area (Å²) in [6.45, 7) is 0.717. The van der Waals surface area contributed by atoms with Crippen LogP contribution >= 0.6 is 11.8 Å². The third kappa shape index (κ3) is 4.83. The number of benzene rings is 2. The number of thioether (sulfide) groups is 1. The van der Waals surface area contributed by atoms with Crippen LogP contribution in [0.4, 0.5) is 4.39 Å². The number of carbonyl (C=O) groups is 1. The van der Waals surface area contributed by atoms with Crippen LogP contribution in [0, 0.1) is 5.82 Å². The molecule has 2 aromatic carbocycles. The summed E-state index contributed by atoms with van der Waals surface area (Å²) in [5.41, 5.74) is 0.987. The van der Waals surface area contributed by atoms with Gasteiger partial charge in [-0.15, -0.1) is 11.8 Å². The fourth-order valence-corrected chi connectivity index (χ4v) is 3.69. The van der Waals surface area contributed by atoms with Gasteiger partial charge in [0.05, 0.1) is 0 Å². The zero-order chi connectivity index (χ0) is 16.1. The summed E-state index contributed by atoms with van der Waals surface area (Å²) >= 11 is 1.86. The van der Waals surface area contributed by atoms with Crippen LogP contribution in [0.3, 0.4) is 0 Å². The Labute approximate surface area is 140 Å². The van der Waals surface area contributed by atoms with E-state index < -0.39 is 0 Å². The molecule has 2 aromatic rings. The van der Waals surface area contributed by atoms with Gasteiger partial charge in [-0.2, -0.15) is 0 Å². The summed E-state index contributed by atoms with van der Waals surface area (Å²) in [6.07, 6.45) is 3.37. The van der Waals surface area contributed by atoms with Gasteiger partial charge in [-0.1, -0.05) is 30.3 Å². The van der Waals surface area contributed by atoms with E-state index in [1.807, 2.05) is 30.0 Å². The summed E-state index contributed by atoms with van der Waals surface area (Å²) < 4.78 is 13.0. The molecular weight excluding hydrogens is 309 g/mol. The molecule has 2 nitrogen and oxygen atoms in total. The molecule has 0 aromatic heterocycles. The first kappa shape index (κ1) is 16.1. The largest absolute Gasteiger partial charge is 0.355 e. The number of rotatable bonds is 7. The molecule has 1 amide bonds. The van der Waals surface area contributed by atoms with Gasteiger partial charge < -0.3 is 5.32 Å². The monoisotopic (exact) mass is 329 g/mol. The minimum absolute atomic E-state index is 0.0641. The van der Waals surface area contributed by atoms with Crippen molar-refractivity contribution in [3.8, 4) is 0 Å². The van der Waals surface area contributed by atoms with Gasteiger partial charge in [-0.05, 0) is 49.1 Å². The third-order valence-corrected chi connectivity index (χ3v) is 5.54. The Morgan fingerprint density at radius 1 is 1.09 bits per heavy atom. The number of carbonyl (C=O) groups excluding carboxylic acids is 1. The Balaban J connectivity index is 1.43. The molecule has 1 saturated carbocycles. The topological polar surface area (TPSA) is 29.1 Å². The maximum Gasteiger partial charge on any atom is 0.220 e. The van der Waals surface area contributed by atoms with E-state index in [2.05, 4.69) is 17.4 Å². The molecule has 0 atom stereocenters. The molecule has 1 aliphatic rings. The third-order valence-electron chi connectivity index (χ3n) is 4.05. The summed E-state index contributed by atoms with van der Waals surface area (Å²) in [5.74, 6) is -0.180. The van der Waals surface area contributed by atoms with Crippen molar-refractivity contribution >= 4 is 17.7 Å². The lowest BCUT2D eigenvalue weighted by atomic mass is 10.1. The Bertz CT molecular complexity index is 653. The van der Waals surface area contributed by atoms with Crippen molar-refractivity contribution in [1.82, 2.24) is 5.32 Å². The van der Waals surface area contributed by atoms with E-state index in [9.17, 15) is 9.18 Å². The van der Waals surface area contributed by atoms with Crippen LogP contribution in [0.5, 0.6) is 0 Å². The van der Waals surface area contributed by atoms with Gasteiger partial charge in [0.2, 0.25) is 5.91 Å². The average molecular weight is 329 g/mol. The Morgan fingerprint density at radius 3 is 2.43 bits per heavy atom.